The molecular formula is C14H24N4O. The van der Waals surface area contributed by atoms with Gasteiger partial charge >= 0.3 is 0 Å². The number of fused-ring (bicyclic) bond motifs is 2. The lowest BCUT2D eigenvalue weighted by Crippen LogP contribution is -2.51. The number of hydrogen-bond acceptors (Lipinski definition) is 4. The van der Waals surface area contributed by atoms with Crippen LogP contribution in [0.1, 0.15) is 39.0 Å². The molecule has 2 heterocycles. The van der Waals surface area contributed by atoms with Gasteiger partial charge in [-0.2, -0.15) is 5.26 Å². The zero-order chi connectivity index (χ0) is 13.7. The average molecular weight is 264 g/mol. The van der Waals surface area contributed by atoms with Crippen molar-refractivity contribution in [2.45, 2.75) is 57.2 Å². The molecule has 2 fully saturated rings. The van der Waals surface area contributed by atoms with Crippen molar-refractivity contribution in [1.29, 1.82) is 5.26 Å². The van der Waals surface area contributed by atoms with Crippen LogP contribution in [0.25, 0.3) is 0 Å². The van der Waals surface area contributed by atoms with Crippen LogP contribution in [0.3, 0.4) is 0 Å². The molecule has 0 aromatic rings. The Morgan fingerprint density at radius 2 is 2.11 bits per heavy atom. The van der Waals surface area contributed by atoms with Gasteiger partial charge in [0.2, 0.25) is 5.91 Å². The van der Waals surface area contributed by atoms with Crippen molar-refractivity contribution >= 4 is 5.91 Å². The third-order valence-electron chi connectivity index (χ3n) is 4.19. The highest BCUT2D eigenvalue weighted by Gasteiger charge is 2.36. The maximum atomic E-state index is 11.8. The van der Waals surface area contributed by atoms with Gasteiger partial charge in [0.25, 0.3) is 0 Å². The summed E-state index contributed by atoms with van der Waals surface area (Å²) in [6.45, 7) is 3.65. The van der Waals surface area contributed by atoms with Gasteiger partial charge in [0.05, 0.1) is 12.6 Å². The first kappa shape index (κ1) is 14.3. The molecule has 2 bridgehead atoms. The van der Waals surface area contributed by atoms with E-state index in [2.05, 4.69) is 22.5 Å². The predicted molar refractivity (Wildman–Crippen MR) is 73.5 cm³/mol. The number of nitrogens with one attached hydrogen (secondary N) is 2. The summed E-state index contributed by atoms with van der Waals surface area (Å²) < 4.78 is 0. The van der Waals surface area contributed by atoms with E-state index in [0.717, 1.165) is 25.8 Å². The van der Waals surface area contributed by atoms with Gasteiger partial charge in [-0.25, -0.2) is 0 Å². The largest absolute Gasteiger partial charge is 0.342 e. The molecule has 19 heavy (non-hydrogen) atoms. The Hall–Kier alpha value is -1.12. The van der Waals surface area contributed by atoms with E-state index in [1.165, 1.54) is 12.8 Å². The highest BCUT2D eigenvalue weighted by molar-refractivity contribution is 5.78. The molecule has 2 rings (SSSR count). The fourth-order valence-electron chi connectivity index (χ4n) is 3.38. The van der Waals surface area contributed by atoms with Crippen molar-refractivity contribution < 1.29 is 4.79 Å². The lowest BCUT2D eigenvalue weighted by atomic mass is 9.98. The van der Waals surface area contributed by atoms with Crippen molar-refractivity contribution in [2.24, 2.45) is 0 Å². The smallest absolute Gasteiger partial charge is 0.235 e. The Labute approximate surface area is 115 Å². The van der Waals surface area contributed by atoms with Gasteiger partial charge in [0.1, 0.15) is 6.54 Å². The second kappa shape index (κ2) is 6.88. The first-order valence-electron chi connectivity index (χ1n) is 7.36. The summed E-state index contributed by atoms with van der Waals surface area (Å²) in [6, 6.07) is 3.75. The molecule has 2 N–H and O–H groups in total. The lowest BCUT2D eigenvalue weighted by molar-refractivity contribution is -0.122. The molecule has 2 saturated heterocycles. The van der Waals surface area contributed by atoms with Gasteiger partial charge in [-0.3, -0.25) is 9.69 Å². The van der Waals surface area contributed by atoms with Crippen LogP contribution in [0.15, 0.2) is 0 Å². The van der Waals surface area contributed by atoms with E-state index in [1.807, 2.05) is 6.07 Å². The zero-order valence-electron chi connectivity index (χ0n) is 11.7. The van der Waals surface area contributed by atoms with Crippen molar-refractivity contribution in [3.63, 3.8) is 0 Å². The number of piperidine rings is 1. The predicted octanol–water partition coefficient (Wildman–Crippen LogP) is 0.621. The van der Waals surface area contributed by atoms with Crippen LogP contribution >= 0.6 is 0 Å². The maximum Gasteiger partial charge on any atom is 0.235 e. The van der Waals surface area contributed by atoms with E-state index < -0.39 is 0 Å². The quantitative estimate of drug-likeness (QED) is 0.690. The molecule has 1 amide bonds. The van der Waals surface area contributed by atoms with Crippen molar-refractivity contribution in [3.8, 4) is 6.07 Å². The molecule has 2 aliphatic heterocycles. The number of hydrogen-bond donors (Lipinski definition) is 2. The highest BCUT2D eigenvalue weighted by Crippen LogP contribution is 2.29. The molecule has 0 aliphatic carbocycles. The average Bonchev–Trinajstić information content (AvgIpc) is 2.74. The summed E-state index contributed by atoms with van der Waals surface area (Å²) in [5.74, 6) is -0.0270. The molecule has 2 aliphatic rings. The number of amides is 1. The van der Waals surface area contributed by atoms with E-state index in [1.54, 1.807) is 0 Å². The minimum absolute atomic E-state index is 0.0270. The minimum Gasteiger partial charge on any atom is -0.342 e. The van der Waals surface area contributed by atoms with Crippen LogP contribution in [0.2, 0.25) is 0 Å². The van der Waals surface area contributed by atoms with Gasteiger partial charge in [-0.05, 0) is 38.6 Å². The summed E-state index contributed by atoms with van der Waals surface area (Å²) in [4.78, 5) is 14.1. The minimum atomic E-state index is -0.0270. The third kappa shape index (κ3) is 3.92. The Balaban J connectivity index is 1.88. The molecule has 2 unspecified atom stereocenters. The molecule has 0 radical (unpaired) electrons. The molecule has 2 atom stereocenters. The first-order valence-corrected chi connectivity index (χ1v) is 7.36. The SMILES string of the molecule is CCCN(CC(=O)NCC#N)C1CC2CCC(C1)N2. The summed E-state index contributed by atoms with van der Waals surface area (Å²) in [6.07, 6.45) is 5.93. The lowest BCUT2D eigenvalue weighted by Gasteiger charge is -2.37. The van der Waals surface area contributed by atoms with Crippen LogP contribution in [0.5, 0.6) is 0 Å². The standard InChI is InChI=1S/C14H24N4O/c1-2-7-18(10-14(19)16-6-5-15)13-8-11-3-4-12(9-13)17-11/h11-13,17H,2-4,6-10H2,1H3,(H,16,19). The second-order valence-electron chi connectivity index (χ2n) is 5.67. The Kier molecular flexibility index (Phi) is 5.17. The zero-order valence-corrected chi connectivity index (χ0v) is 11.7. The van der Waals surface area contributed by atoms with E-state index in [-0.39, 0.29) is 12.5 Å². The number of nitriles is 1. The molecule has 5 nitrogen and oxygen atoms in total. The Bertz CT molecular complexity index is 340. The monoisotopic (exact) mass is 264 g/mol. The van der Waals surface area contributed by atoms with Crippen LogP contribution in [-0.2, 0) is 4.79 Å². The maximum absolute atomic E-state index is 11.8. The third-order valence-corrected chi connectivity index (χ3v) is 4.19. The van der Waals surface area contributed by atoms with Crippen molar-refractivity contribution in [3.05, 3.63) is 0 Å². The van der Waals surface area contributed by atoms with Gasteiger partial charge in [-0.1, -0.05) is 6.92 Å². The van der Waals surface area contributed by atoms with Crippen molar-refractivity contribution in [1.82, 2.24) is 15.5 Å². The van der Waals surface area contributed by atoms with E-state index in [9.17, 15) is 4.79 Å². The van der Waals surface area contributed by atoms with Gasteiger partial charge < -0.3 is 10.6 Å². The van der Waals surface area contributed by atoms with Crippen LogP contribution in [-0.4, -0.2) is 48.6 Å². The summed E-state index contributed by atoms with van der Waals surface area (Å²) >= 11 is 0. The van der Waals surface area contributed by atoms with Crippen molar-refractivity contribution in [2.75, 3.05) is 19.6 Å². The molecule has 0 spiro atoms. The number of carbonyl (C=O) groups excluding carboxylic acids is 1. The topological polar surface area (TPSA) is 68.2 Å². The number of nitrogens with zero attached hydrogens (tertiary/aromatic N) is 2. The van der Waals surface area contributed by atoms with E-state index >= 15 is 0 Å². The Morgan fingerprint density at radius 1 is 1.42 bits per heavy atom. The fraction of sp³-hybridized carbons (Fsp3) is 0.857. The fourth-order valence-corrected chi connectivity index (χ4v) is 3.38. The molecule has 5 heteroatoms. The van der Waals surface area contributed by atoms with Gasteiger partial charge in [0, 0.05) is 18.1 Å². The van der Waals surface area contributed by atoms with Crippen LogP contribution < -0.4 is 10.6 Å². The summed E-state index contributed by atoms with van der Waals surface area (Å²) in [7, 11) is 0. The van der Waals surface area contributed by atoms with Gasteiger partial charge in [-0.15, -0.1) is 0 Å². The molecule has 0 aromatic heterocycles. The highest BCUT2D eigenvalue weighted by atomic mass is 16.2. The van der Waals surface area contributed by atoms with Crippen LogP contribution in [0, 0.1) is 11.3 Å². The molecule has 0 saturated carbocycles. The first-order chi connectivity index (χ1) is 9.22. The summed E-state index contributed by atoms with van der Waals surface area (Å²) in [5, 5.41) is 14.8. The molecular weight excluding hydrogens is 240 g/mol. The molecule has 106 valence electrons. The normalized spacial score (nSPS) is 29.2. The number of rotatable bonds is 6. The van der Waals surface area contributed by atoms with E-state index in [0.29, 0.717) is 24.7 Å². The summed E-state index contributed by atoms with van der Waals surface area (Å²) in [5.41, 5.74) is 0. The van der Waals surface area contributed by atoms with Gasteiger partial charge in [0.15, 0.2) is 0 Å². The second-order valence-corrected chi connectivity index (χ2v) is 5.67. The number of carbonyl (C=O) groups is 1. The van der Waals surface area contributed by atoms with E-state index in [4.69, 9.17) is 5.26 Å². The molecule has 0 aromatic carbocycles. The van der Waals surface area contributed by atoms with Crippen LogP contribution in [0.4, 0.5) is 0 Å². The Morgan fingerprint density at radius 3 is 2.68 bits per heavy atom.